The number of hydrogen-bond acceptors (Lipinski definition) is 5. The predicted molar refractivity (Wildman–Crippen MR) is 163 cm³/mol. The molecule has 3 aromatic carbocycles. The fourth-order valence-corrected chi connectivity index (χ4v) is 5.80. The largest absolute Gasteiger partial charge is 0.543 e. The summed E-state index contributed by atoms with van der Waals surface area (Å²) in [4.78, 5) is 22.2. The zero-order chi connectivity index (χ0) is 28.8. The van der Waals surface area contributed by atoms with Crippen molar-refractivity contribution in [3.05, 3.63) is 112 Å². The molecule has 0 spiro atoms. The molecule has 8 heteroatoms. The van der Waals surface area contributed by atoms with Crippen molar-refractivity contribution in [3.8, 4) is 34.3 Å². The Morgan fingerprint density at radius 2 is 1.71 bits per heavy atom. The minimum absolute atomic E-state index is 0.0829. The average molecular weight is 566 g/mol. The summed E-state index contributed by atoms with van der Waals surface area (Å²) in [7, 11) is -2.02. The van der Waals surface area contributed by atoms with Crippen LogP contribution in [-0.2, 0) is 12.8 Å². The van der Waals surface area contributed by atoms with E-state index in [1.54, 1.807) is 4.57 Å². The lowest BCUT2D eigenvalue weighted by Crippen LogP contribution is -2.43. The Balaban J connectivity index is 1.42. The van der Waals surface area contributed by atoms with Crippen molar-refractivity contribution in [2.24, 2.45) is 0 Å². The molecule has 0 aliphatic carbocycles. The first kappa shape index (κ1) is 26.9. The van der Waals surface area contributed by atoms with Gasteiger partial charge in [0, 0.05) is 24.6 Å². The smallest absolute Gasteiger partial charge is 0.278 e. The molecule has 0 atom stereocenters. The number of aromatic amines is 1. The third kappa shape index (κ3) is 5.39. The van der Waals surface area contributed by atoms with Crippen LogP contribution in [-0.4, -0.2) is 29.6 Å². The Kier molecular flexibility index (Phi) is 6.74. The Hall–Kier alpha value is -4.30. The Labute approximate surface area is 241 Å². The Morgan fingerprint density at radius 3 is 2.49 bits per heavy atom. The topological polar surface area (TPSA) is 78.4 Å². The van der Waals surface area contributed by atoms with Gasteiger partial charge in [-0.1, -0.05) is 69.3 Å². The lowest BCUT2D eigenvalue weighted by molar-refractivity contribution is 0.174. The second kappa shape index (κ2) is 10.3. The predicted octanol–water partition coefficient (Wildman–Crippen LogP) is 6.96. The van der Waals surface area contributed by atoms with E-state index < -0.39 is 8.32 Å². The molecule has 0 radical (unpaired) electrons. The molecular formula is C33H35N3O4Si. The molecule has 0 unspecified atom stereocenters. The fourth-order valence-electron chi connectivity index (χ4n) is 4.78. The van der Waals surface area contributed by atoms with Crippen LogP contribution in [0.15, 0.2) is 83.8 Å². The summed E-state index contributed by atoms with van der Waals surface area (Å²) >= 11 is 0. The van der Waals surface area contributed by atoms with Crippen LogP contribution in [0.25, 0.3) is 17.1 Å². The monoisotopic (exact) mass is 565 g/mol. The van der Waals surface area contributed by atoms with Gasteiger partial charge in [-0.25, -0.2) is 4.98 Å². The van der Waals surface area contributed by atoms with E-state index in [1.165, 1.54) is 0 Å². The number of nitrogens with zero attached hydrogens (tertiary/aromatic N) is 2. The molecule has 0 fully saturated rings. The van der Waals surface area contributed by atoms with Crippen LogP contribution in [0.4, 0.5) is 0 Å². The highest BCUT2D eigenvalue weighted by atomic mass is 28.4. The van der Waals surface area contributed by atoms with Crippen molar-refractivity contribution >= 4 is 8.32 Å². The highest BCUT2D eigenvalue weighted by Gasteiger charge is 2.39. The van der Waals surface area contributed by atoms with Crippen molar-refractivity contribution in [1.29, 1.82) is 0 Å². The van der Waals surface area contributed by atoms with Crippen LogP contribution in [0, 0.1) is 0 Å². The molecule has 3 heterocycles. The number of H-pyrrole nitrogens is 1. The molecule has 41 heavy (non-hydrogen) atoms. The second-order valence-corrected chi connectivity index (χ2v) is 16.8. The van der Waals surface area contributed by atoms with E-state index in [0.29, 0.717) is 30.1 Å². The van der Waals surface area contributed by atoms with Crippen molar-refractivity contribution < 1.29 is 13.9 Å². The number of ether oxygens (including phenoxy) is 2. The second-order valence-electron chi connectivity index (χ2n) is 12.1. The van der Waals surface area contributed by atoms with E-state index in [2.05, 4.69) is 57.0 Å². The van der Waals surface area contributed by atoms with Gasteiger partial charge < -0.3 is 18.9 Å². The Morgan fingerprint density at radius 1 is 0.927 bits per heavy atom. The van der Waals surface area contributed by atoms with Gasteiger partial charge in [-0.2, -0.15) is 0 Å². The van der Waals surface area contributed by atoms with E-state index in [4.69, 9.17) is 18.9 Å². The first-order chi connectivity index (χ1) is 19.6. The maximum absolute atomic E-state index is 13.7. The lowest BCUT2D eigenvalue weighted by Gasteiger charge is -2.36. The molecule has 3 aromatic rings. The van der Waals surface area contributed by atoms with Crippen LogP contribution >= 0.6 is 0 Å². The summed E-state index contributed by atoms with van der Waals surface area (Å²) in [6.07, 6.45) is 2.86. The van der Waals surface area contributed by atoms with E-state index >= 15 is 0 Å². The third-order valence-corrected chi connectivity index (χ3v) is 12.5. The van der Waals surface area contributed by atoms with E-state index in [0.717, 1.165) is 39.6 Å². The minimum atomic E-state index is -2.02. The quantitative estimate of drug-likeness (QED) is 0.216. The highest BCUT2D eigenvalue weighted by molar-refractivity contribution is 6.74. The molecular weight excluding hydrogens is 530 g/mol. The standard InChI is InChI=1S/C33H35N3O4Si/c1-33(2,3)41(4,5)40-25-13-9-12-24(19-25)28-20-36-31(26(34-28)16-22-10-7-6-8-11-22)35-27(32(36)37)17-23-14-15-29-30(18-23)39-21-38-29/h6-15,18-20,34H,16-17,21H2,1-5H3. The highest BCUT2D eigenvalue weighted by Crippen LogP contribution is 2.38. The number of fused-ring (bicyclic) bond motifs is 2. The van der Waals surface area contributed by atoms with Gasteiger partial charge in [-0.3, -0.25) is 9.36 Å². The number of nitrogens with one attached hydrogen (secondary N) is 1. The summed E-state index contributed by atoms with van der Waals surface area (Å²) in [5.74, 6) is 2.88. The molecule has 0 saturated carbocycles. The number of benzene rings is 3. The molecule has 6 rings (SSSR count). The molecule has 0 aromatic heterocycles. The van der Waals surface area contributed by atoms with Crippen molar-refractivity contribution in [3.63, 3.8) is 0 Å². The Bertz CT molecular complexity index is 1730. The van der Waals surface area contributed by atoms with E-state index in [1.807, 2.05) is 60.8 Å². The SMILES string of the molecule is CC(C)(C)[Si](C)(C)Oc1cccc(-c2cn3c(=O)c(Cc4ccc5c(c4)OCO5)nc-3c(Cc3ccccc3)[nH]2)c1. The summed E-state index contributed by atoms with van der Waals surface area (Å²) in [6.45, 7) is 11.4. The van der Waals surface area contributed by atoms with Gasteiger partial charge in [0.25, 0.3) is 5.56 Å². The first-order valence-corrected chi connectivity index (χ1v) is 16.8. The summed E-state index contributed by atoms with van der Waals surface area (Å²) < 4.78 is 19.2. The van der Waals surface area contributed by atoms with Gasteiger partial charge >= 0.3 is 0 Å². The van der Waals surface area contributed by atoms with E-state index in [9.17, 15) is 4.79 Å². The van der Waals surface area contributed by atoms with Crippen LogP contribution in [0.3, 0.4) is 0 Å². The van der Waals surface area contributed by atoms with E-state index in [-0.39, 0.29) is 17.4 Å². The normalized spacial score (nSPS) is 13.1. The molecule has 0 bridgehead atoms. The summed E-state index contributed by atoms with van der Waals surface area (Å²) in [5, 5.41) is 0.0829. The first-order valence-electron chi connectivity index (χ1n) is 13.9. The maximum Gasteiger partial charge on any atom is 0.278 e. The molecule has 3 aliphatic heterocycles. The number of imidazole rings is 1. The van der Waals surface area contributed by atoms with Crippen molar-refractivity contribution in [2.45, 2.75) is 51.7 Å². The minimum Gasteiger partial charge on any atom is -0.543 e. The van der Waals surface area contributed by atoms with Gasteiger partial charge in [-0.05, 0) is 53.5 Å². The fraction of sp³-hybridized carbons (Fsp3) is 0.273. The number of hydrogen-bond donors (Lipinski definition) is 1. The number of aromatic nitrogens is 3. The zero-order valence-corrected chi connectivity index (χ0v) is 25.2. The molecule has 210 valence electrons. The summed E-state index contributed by atoms with van der Waals surface area (Å²) in [6, 6.07) is 24.1. The maximum atomic E-state index is 13.7. The van der Waals surface area contributed by atoms with Gasteiger partial charge in [0.05, 0.1) is 11.4 Å². The number of rotatable bonds is 7. The molecule has 0 saturated heterocycles. The summed E-state index contributed by atoms with van der Waals surface area (Å²) in [5.41, 5.74) is 5.08. The zero-order valence-electron chi connectivity index (χ0n) is 24.2. The third-order valence-electron chi connectivity index (χ3n) is 8.10. The molecule has 7 nitrogen and oxygen atoms in total. The van der Waals surface area contributed by atoms with Crippen LogP contribution in [0.2, 0.25) is 18.1 Å². The van der Waals surface area contributed by atoms with Crippen molar-refractivity contribution in [1.82, 2.24) is 14.5 Å². The molecule has 1 N–H and O–H groups in total. The average Bonchev–Trinajstić information content (AvgIpc) is 3.53. The van der Waals surface area contributed by atoms with Crippen LogP contribution < -0.4 is 19.5 Å². The van der Waals surface area contributed by atoms with Crippen LogP contribution in [0.5, 0.6) is 17.2 Å². The van der Waals surface area contributed by atoms with Gasteiger partial charge in [-0.15, -0.1) is 0 Å². The lowest BCUT2D eigenvalue weighted by atomic mass is 10.1. The van der Waals surface area contributed by atoms with Gasteiger partial charge in [0.1, 0.15) is 11.4 Å². The molecule has 3 aliphatic rings. The van der Waals surface area contributed by atoms with Crippen molar-refractivity contribution in [2.75, 3.05) is 6.79 Å². The van der Waals surface area contributed by atoms with Gasteiger partial charge in [0.2, 0.25) is 15.1 Å². The molecule has 0 amide bonds. The van der Waals surface area contributed by atoms with Crippen LogP contribution in [0.1, 0.15) is 43.3 Å². The van der Waals surface area contributed by atoms with Gasteiger partial charge in [0.15, 0.2) is 17.3 Å².